The van der Waals surface area contributed by atoms with Crippen LogP contribution in [0.2, 0.25) is 0 Å². The summed E-state index contributed by atoms with van der Waals surface area (Å²) in [7, 11) is 1.41. The number of para-hydroxylation sites is 1. The third-order valence-corrected chi connectivity index (χ3v) is 10.5. The molecule has 50 heavy (non-hydrogen) atoms. The van der Waals surface area contributed by atoms with Gasteiger partial charge < -0.3 is 24.5 Å². The first-order valence-electron chi connectivity index (χ1n) is 16.6. The topological polar surface area (TPSA) is 158 Å². The van der Waals surface area contributed by atoms with E-state index in [0.717, 1.165) is 36.6 Å². The summed E-state index contributed by atoms with van der Waals surface area (Å²) in [5.41, 5.74) is 0.753. The fourth-order valence-electron chi connectivity index (χ4n) is 8.05. The highest BCUT2D eigenvalue weighted by Gasteiger charge is 2.47. The summed E-state index contributed by atoms with van der Waals surface area (Å²) in [4.78, 5) is 70.3. The molecule has 2 aromatic carbocycles. The first-order chi connectivity index (χ1) is 24.0. The molecule has 2 amide bonds. The molecule has 5 heterocycles. The van der Waals surface area contributed by atoms with Crippen LogP contribution in [-0.2, 0) is 27.5 Å². The molecule has 2 saturated heterocycles. The lowest BCUT2D eigenvalue weighted by molar-refractivity contribution is -0.140. The van der Waals surface area contributed by atoms with Crippen molar-refractivity contribution in [2.75, 3.05) is 48.0 Å². The molecule has 8 rings (SSSR count). The number of nitrogens with zero attached hydrogens (tertiary/aromatic N) is 7. The molecule has 1 N–H and O–H groups in total. The van der Waals surface area contributed by atoms with E-state index in [-0.39, 0.29) is 77.5 Å². The minimum Gasteiger partial charge on any atom is -0.492 e. The van der Waals surface area contributed by atoms with Gasteiger partial charge in [-0.3, -0.25) is 28.9 Å². The first-order valence-corrected chi connectivity index (χ1v) is 16.6. The highest BCUT2D eigenvalue weighted by Crippen LogP contribution is 2.50. The van der Waals surface area contributed by atoms with Gasteiger partial charge in [0.15, 0.2) is 17.3 Å². The lowest BCUT2D eigenvalue weighted by Gasteiger charge is -2.37. The van der Waals surface area contributed by atoms with Gasteiger partial charge in [-0.15, -0.1) is 5.10 Å². The Morgan fingerprint density at radius 1 is 1.00 bits per heavy atom. The van der Waals surface area contributed by atoms with Gasteiger partial charge in [-0.1, -0.05) is 11.3 Å². The van der Waals surface area contributed by atoms with E-state index in [1.165, 1.54) is 36.2 Å². The van der Waals surface area contributed by atoms with Gasteiger partial charge in [0.1, 0.15) is 29.7 Å². The van der Waals surface area contributed by atoms with Crippen LogP contribution in [0.3, 0.4) is 0 Å². The van der Waals surface area contributed by atoms with Crippen molar-refractivity contribution in [1.29, 1.82) is 0 Å². The van der Waals surface area contributed by atoms with E-state index in [2.05, 4.69) is 10.3 Å². The first kappa shape index (κ1) is 31.8. The van der Waals surface area contributed by atoms with Gasteiger partial charge in [0, 0.05) is 37.8 Å². The van der Waals surface area contributed by atoms with E-state index >= 15 is 4.39 Å². The summed E-state index contributed by atoms with van der Waals surface area (Å²) >= 11 is 0. The highest BCUT2D eigenvalue weighted by atomic mass is 19.1. The number of hydrogen-bond donors (Lipinski definition) is 1. The molecule has 260 valence electrons. The number of halogens is 2. The fraction of sp³-hybridized carbons (Fsp3) is 0.441. The molecule has 1 saturated carbocycles. The molecule has 0 bridgehead atoms. The number of carbonyl (C=O) groups excluding carboxylic acids is 4. The van der Waals surface area contributed by atoms with Gasteiger partial charge in [0.25, 0.3) is 11.7 Å². The van der Waals surface area contributed by atoms with Gasteiger partial charge in [0.2, 0.25) is 5.91 Å². The molecule has 3 aromatic rings. The number of hydrogen-bond acceptors (Lipinski definition) is 10. The SMILES string of the molecule is COc1c(N2C[C@H]3CCCN(C(=O)Cn4cc(CN5C(=O)C(=O)c6cccc(F)c65)nn4)[C@H]3C2)c(F)cc2c1N(C1CC1)CC(C(=O)O)C2=O. The normalized spacial score (nSPS) is 22.9. The second-order valence-electron chi connectivity index (χ2n) is 13.5. The van der Waals surface area contributed by atoms with Crippen LogP contribution in [0.4, 0.5) is 25.8 Å². The van der Waals surface area contributed by atoms with Crippen LogP contribution in [-0.4, -0.2) is 99.7 Å². The van der Waals surface area contributed by atoms with Crippen LogP contribution >= 0.6 is 0 Å². The Kier molecular flexibility index (Phi) is 7.56. The van der Waals surface area contributed by atoms with Crippen LogP contribution in [0.25, 0.3) is 0 Å². The van der Waals surface area contributed by atoms with Gasteiger partial charge in [-0.05, 0) is 49.8 Å². The van der Waals surface area contributed by atoms with Gasteiger partial charge in [0.05, 0.1) is 42.8 Å². The van der Waals surface area contributed by atoms with E-state index < -0.39 is 41.0 Å². The maximum atomic E-state index is 16.0. The number of ether oxygens (including phenoxy) is 1. The Labute approximate surface area is 284 Å². The number of methoxy groups -OCH3 is 1. The van der Waals surface area contributed by atoms with Crippen molar-refractivity contribution < 1.29 is 42.6 Å². The average Bonchev–Trinajstić information content (AvgIpc) is 3.61. The van der Waals surface area contributed by atoms with Crippen molar-refractivity contribution in [1.82, 2.24) is 19.9 Å². The van der Waals surface area contributed by atoms with Crippen molar-refractivity contribution in [3.05, 3.63) is 58.9 Å². The largest absolute Gasteiger partial charge is 0.492 e. The molecule has 0 radical (unpaired) electrons. The monoisotopic (exact) mass is 689 g/mol. The van der Waals surface area contributed by atoms with Gasteiger partial charge >= 0.3 is 5.97 Å². The van der Waals surface area contributed by atoms with Crippen molar-refractivity contribution in [3.8, 4) is 5.75 Å². The minimum atomic E-state index is -1.29. The molecule has 3 fully saturated rings. The van der Waals surface area contributed by atoms with E-state index in [4.69, 9.17) is 4.74 Å². The molecule has 5 aliphatic rings. The third-order valence-electron chi connectivity index (χ3n) is 10.5. The van der Waals surface area contributed by atoms with Crippen molar-refractivity contribution in [2.45, 2.75) is 50.9 Å². The third kappa shape index (κ3) is 5.07. The summed E-state index contributed by atoms with van der Waals surface area (Å²) in [6.07, 6.45) is 4.70. The van der Waals surface area contributed by atoms with Crippen LogP contribution in [0.5, 0.6) is 5.75 Å². The van der Waals surface area contributed by atoms with Crippen LogP contribution in [0.1, 0.15) is 52.1 Å². The molecule has 3 atom stereocenters. The zero-order valence-corrected chi connectivity index (χ0v) is 27.1. The molecular weight excluding hydrogens is 656 g/mol. The summed E-state index contributed by atoms with van der Waals surface area (Å²) in [6, 6.07) is 4.84. The van der Waals surface area contributed by atoms with E-state index in [0.29, 0.717) is 25.3 Å². The average molecular weight is 690 g/mol. The number of fused-ring (bicyclic) bond motifs is 3. The highest BCUT2D eigenvalue weighted by molar-refractivity contribution is 6.52. The predicted molar refractivity (Wildman–Crippen MR) is 171 cm³/mol. The van der Waals surface area contributed by atoms with Crippen molar-refractivity contribution in [2.24, 2.45) is 11.8 Å². The molecule has 1 unspecified atom stereocenters. The number of aliphatic carboxylic acids is 1. The number of carbonyl (C=O) groups is 5. The van der Waals surface area contributed by atoms with Crippen molar-refractivity contribution >= 4 is 46.4 Å². The lowest BCUT2D eigenvalue weighted by atomic mass is 9.89. The fourth-order valence-corrected chi connectivity index (χ4v) is 8.05. The summed E-state index contributed by atoms with van der Waals surface area (Å²) in [5, 5.41) is 17.8. The molecule has 0 spiro atoms. The number of likely N-dealkylation sites (tertiary alicyclic amines) is 1. The minimum absolute atomic E-state index is 0.00399. The number of amides is 2. The Morgan fingerprint density at radius 2 is 1.80 bits per heavy atom. The summed E-state index contributed by atoms with van der Waals surface area (Å²) < 4.78 is 37.7. The van der Waals surface area contributed by atoms with Crippen molar-refractivity contribution in [3.63, 3.8) is 0 Å². The van der Waals surface area contributed by atoms with Crippen LogP contribution < -0.4 is 19.4 Å². The molecule has 1 aromatic heterocycles. The molecule has 4 aliphatic heterocycles. The van der Waals surface area contributed by atoms with Gasteiger partial charge in [-0.2, -0.15) is 0 Å². The maximum Gasteiger partial charge on any atom is 0.316 e. The molecule has 14 nitrogen and oxygen atoms in total. The van der Waals surface area contributed by atoms with E-state index in [1.807, 2.05) is 9.80 Å². The number of ketones is 2. The number of carboxylic acid groups (broad SMARTS) is 1. The second kappa shape index (κ2) is 11.9. The molecule has 16 heteroatoms. The van der Waals surface area contributed by atoms with Crippen LogP contribution in [0, 0.1) is 23.5 Å². The zero-order chi connectivity index (χ0) is 35.0. The number of carboxylic acids is 1. The lowest BCUT2D eigenvalue weighted by Crippen LogP contribution is -2.49. The van der Waals surface area contributed by atoms with E-state index in [1.54, 1.807) is 4.90 Å². The summed E-state index contributed by atoms with van der Waals surface area (Å²) in [5.74, 6) is -6.26. The van der Waals surface area contributed by atoms with E-state index in [9.17, 15) is 33.5 Å². The van der Waals surface area contributed by atoms with Gasteiger partial charge in [-0.25, -0.2) is 13.5 Å². The second-order valence-corrected chi connectivity index (χ2v) is 13.5. The number of benzene rings is 2. The predicted octanol–water partition coefficient (Wildman–Crippen LogP) is 2.29. The standard InChI is InChI=1S/C34H33F2N7O7/c1-50-32-28-21(30(45)22(34(48)49)14-42(28)19-7-8-19)10-24(36)29(32)39-11-17-4-3-9-41(25(17)15-39)26(44)16-40-12-18(37-38-40)13-43-27-20(31(46)33(43)47)5-2-6-23(27)35/h2,5-6,10,12,17,19,22,25H,3-4,7-9,11,13-16H2,1H3,(H,48,49)/t17-,22?,25+/m1/s1. The number of Topliss-reactive ketones (excluding diaryl/α,β-unsaturated/α-hetero) is 2. The Bertz CT molecular complexity index is 1980. The Balaban J connectivity index is 1.01. The molecule has 1 aliphatic carbocycles. The smallest absolute Gasteiger partial charge is 0.316 e. The summed E-state index contributed by atoms with van der Waals surface area (Å²) in [6.45, 7) is 0.875. The Morgan fingerprint density at radius 3 is 2.54 bits per heavy atom. The quantitative estimate of drug-likeness (QED) is 0.273. The maximum absolute atomic E-state index is 16.0. The Hall–Kier alpha value is -5.41. The number of rotatable bonds is 8. The number of anilines is 3. The number of aromatic nitrogens is 3. The van der Waals surface area contributed by atoms with Crippen LogP contribution in [0.15, 0.2) is 30.5 Å². The zero-order valence-electron chi connectivity index (χ0n) is 27.1. The number of piperidine rings is 1. The molecular formula is C34H33F2N7O7.